The summed E-state index contributed by atoms with van der Waals surface area (Å²) in [4.78, 5) is 14.4. The van der Waals surface area contributed by atoms with Gasteiger partial charge in [0.25, 0.3) is 5.91 Å². The third-order valence-corrected chi connectivity index (χ3v) is 3.58. The first-order valence-electron chi connectivity index (χ1n) is 7.16. The molecule has 0 saturated carbocycles. The molecule has 2 heterocycles. The maximum Gasteiger partial charge on any atom is 0.276 e. The molecule has 0 radical (unpaired) electrons. The highest BCUT2D eigenvalue weighted by molar-refractivity contribution is 5.92. The van der Waals surface area contributed by atoms with Gasteiger partial charge in [0.2, 0.25) is 0 Å². The van der Waals surface area contributed by atoms with Gasteiger partial charge in [-0.25, -0.2) is 4.68 Å². The fourth-order valence-corrected chi connectivity index (χ4v) is 2.72. The fourth-order valence-electron chi connectivity index (χ4n) is 2.72. The molecule has 21 heavy (non-hydrogen) atoms. The number of carbonyl (C=O) groups excluding carboxylic acids is 1. The van der Waals surface area contributed by atoms with Gasteiger partial charge in [-0.1, -0.05) is 23.4 Å². The second-order valence-corrected chi connectivity index (χ2v) is 5.56. The van der Waals surface area contributed by atoms with E-state index in [1.807, 2.05) is 35.2 Å². The van der Waals surface area contributed by atoms with E-state index in [0.29, 0.717) is 30.9 Å². The first kappa shape index (κ1) is 13.8. The Labute approximate surface area is 123 Å². The minimum Gasteiger partial charge on any atom is -0.334 e. The van der Waals surface area contributed by atoms with Gasteiger partial charge in [-0.3, -0.25) is 4.79 Å². The van der Waals surface area contributed by atoms with Gasteiger partial charge in [-0.2, -0.15) is 0 Å². The zero-order chi connectivity index (χ0) is 14.8. The smallest absolute Gasteiger partial charge is 0.276 e. The zero-order valence-corrected chi connectivity index (χ0v) is 12.2. The van der Waals surface area contributed by atoms with Crippen molar-refractivity contribution < 1.29 is 4.79 Å². The molecule has 1 N–H and O–H groups in total. The Hall–Kier alpha value is -2.21. The molecule has 2 atom stereocenters. The minimum atomic E-state index is -0.0580. The third kappa shape index (κ3) is 2.95. The van der Waals surface area contributed by atoms with Crippen molar-refractivity contribution in [2.75, 3.05) is 13.1 Å². The molecule has 110 valence electrons. The van der Waals surface area contributed by atoms with E-state index in [2.05, 4.69) is 29.5 Å². The second-order valence-electron chi connectivity index (χ2n) is 5.56. The van der Waals surface area contributed by atoms with Crippen molar-refractivity contribution in [1.82, 2.24) is 25.2 Å². The van der Waals surface area contributed by atoms with Crippen molar-refractivity contribution in [3.8, 4) is 5.69 Å². The van der Waals surface area contributed by atoms with Crippen LogP contribution in [0.25, 0.3) is 5.69 Å². The van der Waals surface area contributed by atoms with Gasteiger partial charge in [0.1, 0.15) is 0 Å². The maximum absolute atomic E-state index is 12.5. The molecule has 1 fully saturated rings. The van der Waals surface area contributed by atoms with E-state index < -0.39 is 0 Å². The van der Waals surface area contributed by atoms with Gasteiger partial charge in [-0.05, 0) is 26.0 Å². The molecular formula is C15H19N5O. The van der Waals surface area contributed by atoms with Crippen molar-refractivity contribution in [3.63, 3.8) is 0 Å². The van der Waals surface area contributed by atoms with E-state index >= 15 is 0 Å². The Morgan fingerprint density at radius 2 is 1.86 bits per heavy atom. The van der Waals surface area contributed by atoms with E-state index in [0.717, 1.165) is 5.69 Å². The van der Waals surface area contributed by atoms with Gasteiger partial charge < -0.3 is 10.2 Å². The first-order chi connectivity index (χ1) is 10.1. The standard InChI is InChI=1S/C15H19N5O/c1-11-8-19(9-12(2)16-11)15(21)14-10-20(18-17-14)13-6-4-3-5-7-13/h3-7,10-12,16H,8-9H2,1-2H3/t11-,12-/m1/s1. The van der Waals surface area contributed by atoms with Crippen molar-refractivity contribution >= 4 is 5.91 Å². The summed E-state index contributed by atoms with van der Waals surface area (Å²) in [6.07, 6.45) is 1.69. The topological polar surface area (TPSA) is 63.1 Å². The van der Waals surface area contributed by atoms with Crippen LogP contribution in [0.1, 0.15) is 24.3 Å². The van der Waals surface area contributed by atoms with Gasteiger partial charge in [-0.15, -0.1) is 5.10 Å². The van der Waals surface area contributed by atoms with E-state index in [1.165, 1.54) is 0 Å². The molecular weight excluding hydrogens is 266 g/mol. The number of benzene rings is 1. The Balaban J connectivity index is 1.78. The second kappa shape index (κ2) is 5.65. The Bertz CT molecular complexity index is 614. The zero-order valence-electron chi connectivity index (χ0n) is 12.2. The lowest BCUT2D eigenvalue weighted by Crippen LogP contribution is -2.55. The average Bonchev–Trinajstić information content (AvgIpc) is 2.96. The van der Waals surface area contributed by atoms with Gasteiger partial charge in [0, 0.05) is 25.2 Å². The number of para-hydroxylation sites is 1. The molecule has 0 aliphatic carbocycles. The van der Waals surface area contributed by atoms with E-state index in [9.17, 15) is 4.79 Å². The van der Waals surface area contributed by atoms with Gasteiger partial charge >= 0.3 is 0 Å². The lowest BCUT2D eigenvalue weighted by atomic mass is 10.1. The maximum atomic E-state index is 12.5. The van der Waals surface area contributed by atoms with Crippen LogP contribution in [-0.4, -0.2) is 51.0 Å². The van der Waals surface area contributed by atoms with Gasteiger partial charge in [0.05, 0.1) is 11.9 Å². The first-order valence-corrected chi connectivity index (χ1v) is 7.16. The average molecular weight is 285 g/mol. The summed E-state index contributed by atoms with van der Waals surface area (Å²) in [5.74, 6) is -0.0580. The number of nitrogens with zero attached hydrogens (tertiary/aromatic N) is 4. The van der Waals surface area contributed by atoms with E-state index in [1.54, 1.807) is 10.9 Å². The fraction of sp³-hybridized carbons (Fsp3) is 0.400. The van der Waals surface area contributed by atoms with Crippen LogP contribution in [0.4, 0.5) is 0 Å². The van der Waals surface area contributed by atoms with Crippen molar-refractivity contribution in [3.05, 3.63) is 42.2 Å². The lowest BCUT2D eigenvalue weighted by Gasteiger charge is -2.35. The number of nitrogens with one attached hydrogen (secondary N) is 1. The number of hydrogen-bond acceptors (Lipinski definition) is 4. The van der Waals surface area contributed by atoms with Gasteiger partial charge in [0.15, 0.2) is 5.69 Å². The van der Waals surface area contributed by atoms with Crippen LogP contribution >= 0.6 is 0 Å². The molecule has 0 spiro atoms. The molecule has 1 aliphatic heterocycles. The Morgan fingerprint density at radius 1 is 1.19 bits per heavy atom. The third-order valence-electron chi connectivity index (χ3n) is 3.58. The predicted octanol–water partition coefficient (Wildman–Crippen LogP) is 1.09. The summed E-state index contributed by atoms with van der Waals surface area (Å²) >= 11 is 0. The summed E-state index contributed by atoms with van der Waals surface area (Å²) in [6.45, 7) is 5.55. The minimum absolute atomic E-state index is 0.0580. The molecule has 1 aromatic carbocycles. The quantitative estimate of drug-likeness (QED) is 0.897. The van der Waals surface area contributed by atoms with Crippen LogP contribution in [-0.2, 0) is 0 Å². The van der Waals surface area contributed by atoms with Crippen LogP contribution in [0.5, 0.6) is 0 Å². The highest BCUT2D eigenvalue weighted by atomic mass is 16.2. The lowest BCUT2D eigenvalue weighted by molar-refractivity contribution is 0.0667. The monoisotopic (exact) mass is 285 g/mol. The number of rotatable bonds is 2. The summed E-state index contributed by atoms with van der Waals surface area (Å²) < 4.78 is 1.63. The molecule has 1 saturated heterocycles. The van der Waals surface area contributed by atoms with Crippen LogP contribution in [0.3, 0.4) is 0 Å². The molecule has 3 rings (SSSR count). The van der Waals surface area contributed by atoms with E-state index in [4.69, 9.17) is 0 Å². The molecule has 1 aromatic heterocycles. The SMILES string of the molecule is C[C@@H]1CN(C(=O)c2cn(-c3ccccc3)nn2)C[C@@H](C)N1. The number of hydrogen-bond donors (Lipinski definition) is 1. The normalized spacial score (nSPS) is 22.3. The number of amides is 1. The predicted molar refractivity (Wildman–Crippen MR) is 79.3 cm³/mol. The van der Waals surface area contributed by atoms with E-state index in [-0.39, 0.29) is 5.91 Å². The van der Waals surface area contributed by atoms with Crippen LogP contribution < -0.4 is 5.32 Å². The highest BCUT2D eigenvalue weighted by Gasteiger charge is 2.27. The largest absolute Gasteiger partial charge is 0.334 e. The van der Waals surface area contributed by atoms with Crippen molar-refractivity contribution in [2.45, 2.75) is 25.9 Å². The molecule has 0 bridgehead atoms. The molecule has 1 amide bonds. The summed E-state index contributed by atoms with van der Waals surface area (Å²) in [5, 5.41) is 11.5. The summed E-state index contributed by atoms with van der Waals surface area (Å²) in [6, 6.07) is 10.2. The Kier molecular flexibility index (Phi) is 3.70. The molecule has 0 unspecified atom stereocenters. The molecule has 6 heteroatoms. The summed E-state index contributed by atoms with van der Waals surface area (Å²) in [5.41, 5.74) is 1.28. The molecule has 6 nitrogen and oxygen atoms in total. The van der Waals surface area contributed by atoms with Crippen molar-refractivity contribution in [2.24, 2.45) is 0 Å². The number of carbonyl (C=O) groups is 1. The highest BCUT2D eigenvalue weighted by Crippen LogP contribution is 2.10. The molecule has 1 aliphatic rings. The van der Waals surface area contributed by atoms with Crippen LogP contribution in [0.15, 0.2) is 36.5 Å². The summed E-state index contributed by atoms with van der Waals surface area (Å²) in [7, 11) is 0. The Morgan fingerprint density at radius 3 is 2.52 bits per heavy atom. The van der Waals surface area contributed by atoms with Crippen LogP contribution in [0.2, 0.25) is 0 Å². The number of aromatic nitrogens is 3. The number of piperazine rings is 1. The van der Waals surface area contributed by atoms with Crippen LogP contribution in [0, 0.1) is 0 Å². The molecule has 2 aromatic rings. The van der Waals surface area contributed by atoms with Crippen molar-refractivity contribution in [1.29, 1.82) is 0 Å².